The summed E-state index contributed by atoms with van der Waals surface area (Å²) in [4.78, 5) is 10.6. The van der Waals surface area contributed by atoms with Gasteiger partial charge in [0.15, 0.2) is 0 Å². The van der Waals surface area contributed by atoms with Gasteiger partial charge in [0, 0.05) is 6.54 Å². The van der Waals surface area contributed by atoms with Crippen molar-refractivity contribution in [3.63, 3.8) is 0 Å². The third-order valence-electron chi connectivity index (χ3n) is 2.47. The molecule has 0 aliphatic heterocycles. The van der Waals surface area contributed by atoms with Crippen molar-refractivity contribution < 1.29 is 18.3 Å². The maximum absolute atomic E-state index is 11.8. The Balaban J connectivity index is 2.70. The van der Waals surface area contributed by atoms with Crippen molar-refractivity contribution in [3.8, 4) is 0 Å². The summed E-state index contributed by atoms with van der Waals surface area (Å²) in [7, 11) is -3.55. The highest BCUT2D eigenvalue weighted by Crippen LogP contribution is 2.10. The second kappa shape index (κ2) is 6.51. The Kier molecular flexibility index (Phi) is 5.30. The number of rotatable bonds is 7. The molecule has 0 aliphatic carbocycles. The number of carboxylic acids is 1. The lowest BCUT2D eigenvalue weighted by molar-refractivity contribution is -0.255. The van der Waals surface area contributed by atoms with Crippen LogP contribution in [0.25, 0.3) is 0 Å². The highest BCUT2D eigenvalue weighted by atomic mass is 32.2. The number of hydrogen-bond donors (Lipinski definition) is 1. The Hall–Kier alpha value is -1.40. The molecule has 1 aromatic carbocycles. The fraction of sp³-hybridized carbons (Fsp3) is 0.417. The zero-order valence-corrected chi connectivity index (χ0v) is 11.0. The molecule has 1 aromatic rings. The minimum atomic E-state index is -3.55. The predicted molar refractivity (Wildman–Crippen MR) is 65.5 cm³/mol. The summed E-state index contributed by atoms with van der Waals surface area (Å²) < 4.78 is 26.1. The highest BCUT2D eigenvalue weighted by molar-refractivity contribution is 7.89. The van der Waals surface area contributed by atoms with E-state index >= 15 is 0 Å². The van der Waals surface area contributed by atoms with Gasteiger partial charge in [-0.1, -0.05) is 31.9 Å². The Bertz CT molecular complexity index is 493. The van der Waals surface area contributed by atoms with E-state index in [4.69, 9.17) is 0 Å². The van der Waals surface area contributed by atoms with Gasteiger partial charge in [-0.3, -0.25) is 0 Å². The number of carboxylic acid groups (broad SMARTS) is 1. The second-order valence-electron chi connectivity index (χ2n) is 3.92. The Morgan fingerprint density at radius 1 is 1.22 bits per heavy atom. The van der Waals surface area contributed by atoms with Crippen molar-refractivity contribution in [1.82, 2.24) is 4.72 Å². The third kappa shape index (κ3) is 4.12. The summed E-state index contributed by atoms with van der Waals surface area (Å²) >= 11 is 0. The lowest BCUT2D eigenvalue weighted by Crippen LogP contribution is -2.25. The van der Waals surface area contributed by atoms with Crippen molar-refractivity contribution in [1.29, 1.82) is 0 Å². The predicted octanol–water partition coefficient (Wildman–Crippen LogP) is 0.519. The van der Waals surface area contributed by atoms with Gasteiger partial charge in [-0.15, -0.1) is 0 Å². The fourth-order valence-electron chi connectivity index (χ4n) is 1.44. The van der Waals surface area contributed by atoms with E-state index in [1.165, 1.54) is 24.3 Å². The molecule has 0 saturated carbocycles. The molecule has 5 nitrogen and oxygen atoms in total. The molecule has 0 fully saturated rings. The van der Waals surface area contributed by atoms with E-state index in [-0.39, 0.29) is 10.5 Å². The van der Waals surface area contributed by atoms with Crippen LogP contribution in [0.1, 0.15) is 36.5 Å². The van der Waals surface area contributed by atoms with E-state index < -0.39 is 16.0 Å². The molecule has 0 aliphatic rings. The van der Waals surface area contributed by atoms with E-state index in [9.17, 15) is 18.3 Å². The van der Waals surface area contributed by atoms with Gasteiger partial charge in [0.1, 0.15) is 0 Å². The van der Waals surface area contributed by atoms with E-state index in [0.29, 0.717) is 6.54 Å². The number of hydrogen-bond acceptors (Lipinski definition) is 4. The monoisotopic (exact) mass is 270 g/mol. The molecule has 0 saturated heterocycles. The summed E-state index contributed by atoms with van der Waals surface area (Å²) in [6.07, 6.45) is 2.76. The smallest absolute Gasteiger partial charge is 0.240 e. The van der Waals surface area contributed by atoms with Crippen molar-refractivity contribution >= 4 is 16.0 Å². The summed E-state index contributed by atoms with van der Waals surface area (Å²) in [6, 6.07) is 4.95. The molecule has 0 bridgehead atoms. The van der Waals surface area contributed by atoms with Crippen LogP contribution in [0.3, 0.4) is 0 Å². The van der Waals surface area contributed by atoms with Crippen LogP contribution in [0.15, 0.2) is 29.2 Å². The largest absolute Gasteiger partial charge is 0.545 e. The summed E-state index contributed by atoms with van der Waals surface area (Å²) in [5, 5.41) is 10.5. The molecule has 1 N–H and O–H groups in total. The lowest BCUT2D eigenvalue weighted by Gasteiger charge is -2.07. The Morgan fingerprint density at radius 2 is 1.83 bits per heavy atom. The van der Waals surface area contributed by atoms with Crippen molar-refractivity contribution in [2.24, 2.45) is 0 Å². The van der Waals surface area contributed by atoms with Gasteiger partial charge in [0.25, 0.3) is 0 Å². The van der Waals surface area contributed by atoms with E-state index in [2.05, 4.69) is 4.72 Å². The fourth-order valence-corrected chi connectivity index (χ4v) is 2.51. The zero-order chi connectivity index (χ0) is 13.6. The molecular formula is C12H16NO4S-. The number of nitrogens with one attached hydrogen (secondary N) is 1. The molecule has 0 heterocycles. The number of sulfonamides is 1. The van der Waals surface area contributed by atoms with Crippen molar-refractivity contribution in [3.05, 3.63) is 29.8 Å². The first-order chi connectivity index (χ1) is 8.47. The minimum Gasteiger partial charge on any atom is -0.545 e. The van der Waals surface area contributed by atoms with Crippen LogP contribution < -0.4 is 9.83 Å². The molecule has 0 aromatic heterocycles. The standard InChI is InChI=1S/C12H17NO4S/c1-2-3-4-9-13-18(16,17)11-7-5-10(6-8-11)12(14)15/h5-8,13H,2-4,9H2,1H3,(H,14,15)/p-1. The maximum Gasteiger partial charge on any atom is 0.240 e. The molecule has 18 heavy (non-hydrogen) atoms. The number of carbonyl (C=O) groups is 1. The lowest BCUT2D eigenvalue weighted by atomic mass is 10.2. The van der Waals surface area contributed by atoms with Crippen LogP contribution in [0.4, 0.5) is 0 Å². The van der Waals surface area contributed by atoms with E-state index in [0.717, 1.165) is 19.3 Å². The van der Waals surface area contributed by atoms with Gasteiger partial charge in [-0.25, -0.2) is 13.1 Å². The first kappa shape index (κ1) is 14.7. The Labute approximate surface area is 107 Å². The maximum atomic E-state index is 11.8. The molecular weight excluding hydrogens is 254 g/mol. The van der Waals surface area contributed by atoms with Crippen LogP contribution in [0.5, 0.6) is 0 Å². The molecule has 0 atom stereocenters. The SMILES string of the molecule is CCCCCNS(=O)(=O)c1ccc(C(=O)[O-])cc1. The topological polar surface area (TPSA) is 86.3 Å². The van der Waals surface area contributed by atoms with Gasteiger partial charge in [0.2, 0.25) is 10.0 Å². The highest BCUT2D eigenvalue weighted by Gasteiger charge is 2.12. The normalized spacial score (nSPS) is 11.4. The van der Waals surface area contributed by atoms with Crippen LogP contribution in [0.2, 0.25) is 0 Å². The summed E-state index contributed by atoms with van der Waals surface area (Å²) in [5.41, 5.74) is -0.0417. The molecule has 1 rings (SSSR count). The van der Waals surface area contributed by atoms with Crippen molar-refractivity contribution in [2.45, 2.75) is 31.1 Å². The van der Waals surface area contributed by atoms with Crippen LogP contribution in [0, 0.1) is 0 Å². The van der Waals surface area contributed by atoms with Gasteiger partial charge in [-0.05, 0) is 24.1 Å². The molecule has 0 unspecified atom stereocenters. The van der Waals surface area contributed by atoms with E-state index in [1.807, 2.05) is 6.92 Å². The molecule has 0 spiro atoms. The van der Waals surface area contributed by atoms with Crippen LogP contribution >= 0.6 is 0 Å². The van der Waals surface area contributed by atoms with Crippen LogP contribution in [-0.4, -0.2) is 20.9 Å². The molecule has 0 amide bonds. The van der Waals surface area contributed by atoms with Crippen molar-refractivity contribution in [2.75, 3.05) is 6.54 Å². The second-order valence-corrected chi connectivity index (χ2v) is 5.68. The molecule has 0 radical (unpaired) electrons. The zero-order valence-electron chi connectivity index (χ0n) is 10.2. The molecule has 6 heteroatoms. The molecule has 100 valence electrons. The quantitative estimate of drug-likeness (QED) is 0.732. The van der Waals surface area contributed by atoms with Gasteiger partial charge >= 0.3 is 0 Å². The minimum absolute atomic E-state index is 0.0417. The van der Waals surface area contributed by atoms with Gasteiger partial charge < -0.3 is 9.90 Å². The van der Waals surface area contributed by atoms with Gasteiger partial charge in [-0.2, -0.15) is 0 Å². The number of unbranched alkanes of at least 4 members (excludes halogenated alkanes) is 2. The Morgan fingerprint density at radius 3 is 2.33 bits per heavy atom. The first-order valence-corrected chi connectivity index (χ1v) is 7.27. The average Bonchev–Trinajstić information content (AvgIpc) is 2.35. The van der Waals surface area contributed by atoms with E-state index in [1.54, 1.807) is 0 Å². The average molecular weight is 270 g/mol. The third-order valence-corrected chi connectivity index (χ3v) is 3.95. The summed E-state index contributed by atoms with van der Waals surface area (Å²) in [5.74, 6) is -1.32. The summed E-state index contributed by atoms with van der Waals surface area (Å²) in [6.45, 7) is 2.42. The number of benzene rings is 1. The first-order valence-electron chi connectivity index (χ1n) is 5.78. The van der Waals surface area contributed by atoms with Gasteiger partial charge in [0.05, 0.1) is 10.9 Å². The number of aromatic carboxylic acids is 1. The van der Waals surface area contributed by atoms with Crippen LogP contribution in [-0.2, 0) is 10.0 Å². The number of carbonyl (C=O) groups excluding carboxylic acids is 1.